The quantitative estimate of drug-likeness (QED) is 0.617. The molecule has 0 aliphatic rings. The maximum absolute atomic E-state index is 12.4. The van der Waals surface area contributed by atoms with Crippen LogP contribution in [0.5, 0.6) is 0 Å². The zero-order valence-corrected chi connectivity index (χ0v) is 5.97. The van der Waals surface area contributed by atoms with Gasteiger partial charge in [0.25, 0.3) is 0 Å². The number of hydrogen-bond acceptors (Lipinski definition) is 2. The Bertz CT molecular complexity index is 275. The number of pyridine rings is 1. The molecule has 3 nitrogen and oxygen atoms in total. The van der Waals surface area contributed by atoms with E-state index >= 15 is 0 Å². The van der Waals surface area contributed by atoms with E-state index < -0.39 is 5.95 Å². The van der Waals surface area contributed by atoms with Crippen molar-refractivity contribution >= 4 is 11.6 Å². The van der Waals surface area contributed by atoms with Gasteiger partial charge >= 0.3 is 0 Å². The summed E-state index contributed by atoms with van der Waals surface area (Å²) < 4.78 is 12.4. The molecule has 1 aromatic heterocycles. The highest BCUT2D eigenvalue weighted by Crippen LogP contribution is 2.05. The molecule has 0 fully saturated rings. The molecule has 0 aliphatic carbocycles. The van der Waals surface area contributed by atoms with Crippen LogP contribution in [0.1, 0.15) is 6.92 Å². The zero-order valence-electron chi connectivity index (χ0n) is 5.97. The summed E-state index contributed by atoms with van der Waals surface area (Å²) in [4.78, 5) is 13.8. The van der Waals surface area contributed by atoms with Gasteiger partial charge in [-0.1, -0.05) is 0 Å². The largest absolute Gasteiger partial charge is 0.326 e. The van der Waals surface area contributed by atoms with Crippen LogP contribution in [0, 0.1) is 5.95 Å². The Kier molecular flexibility index (Phi) is 2.15. The van der Waals surface area contributed by atoms with Gasteiger partial charge in [0.1, 0.15) is 0 Å². The van der Waals surface area contributed by atoms with Crippen molar-refractivity contribution in [3.63, 3.8) is 0 Å². The van der Waals surface area contributed by atoms with Gasteiger partial charge in [-0.15, -0.1) is 0 Å². The first-order chi connectivity index (χ1) is 5.18. The summed E-state index contributed by atoms with van der Waals surface area (Å²) >= 11 is 0. The van der Waals surface area contributed by atoms with Gasteiger partial charge in [-0.05, 0) is 6.07 Å². The number of carbonyl (C=O) groups excluding carboxylic acids is 1. The second-order valence-corrected chi connectivity index (χ2v) is 2.05. The third kappa shape index (κ3) is 2.33. The topological polar surface area (TPSA) is 42.0 Å². The van der Waals surface area contributed by atoms with Crippen molar-refractivity contribution in [3.8, 4) is 0 Å². The molecule has 0 aliphatic heterocycles. The lowest BCUT2D eigenvalue weighted by molar-refractivity contribution is -0.114. The van der Waals surface area contributed by atoms with E-state index in [1.165, 1.54) is 19.2 Å². The Hall–Kier alpha value is -1.45. The normalized spacial score (nSPS) is 9.27. The van der Waals surface area contributed by atoms with Gasteiger partial charge in [-0.25, -0.2) is 4.98 Å². The SMILES string of the molecule is CC(=O)Nc1ccnc(F)c1. The van der Waals surface area contributed by atoms with Crippen LogP contribution in [0.15, 0.2) is 18.3 Å². The van der Waals surface area contributed by atoms with Crippen molar-refractivity contribution in [3.05, 3.63) is 24.3 Å². The Balaban J connectivity index is 2.79. The fourth-order valence-corrected chi connectivity index (χ4v) is 0.683. The van der Waals surface area contributed by atoms with E-state index in [1.807, 2.05) is 0 Å². The number of halogens is 1. The number of hydrogen-bond donors (Lipinski definition) is 1. The fraction of sp³-hybridized carbons (Fsp3) is 0.143. The highest BCUT2D eigenvalue weighted by molar-refractivity contribution is 5.88. The van der Waals surface area contributed by atoms with Gasteiger partial charge in [0.2, 0.25) is 11.9 Å². The van der Waals surface area contributed by atoms with E-state index in [0.29, 0.717) is 5.69 Å². The third-order valence-electron chi connectivity index (χ3n) is 1.05. The Morgan fingerprint density at radius 3 is 3.00 bits per heavy atom. The Morgan fingerprint density at radius 2 is 2.45 bits per heavy atom. The van der Waals surface area contributed by atoms with E-state index in [9.17, 15) is 9.18 Å². The number of nitrogens with zero attached hydrogens (tertiary/aromatic N) is 1. The van der Waals surface area contributed by atoms with Crippen molar-refractivity contribution in [1.29, 1.82) is 0 Å². The van der Waals surface area contributed by atoms with Gasteiger partial charge in [0.05, 0.1) is 0 Å². The molecule has 0 aromatic carbocycles. The number of rotatable bonds is 1. The summed E-state index contributed by atoms with van der Waals surface area (Å²) in [5, 5.41) is 2.43. The molecule has 0 radical (unpaired) electrons. The maximum Gasteiger partial charge on any atom is 0.221 e. The van der Waals surface area contributed by atoms with Gasteiger partial charge < -0.3 is 5.32 Å². The lowest BCUT2D eigenvalue weighted by Gasteiger charge is -1.99. The fourth-order valence-electron chi connectivity index (χ4n) is 0.683. The second-order valence-electron chi connectivity index (χ2n) is 2.05. The van der Waals surface area contributed by atoms with Crippen molar-refractivity contribution in [2.45, 2.75) is 6.92 Å². The number of nitrogens with one attached hydrogen (secondary N) is 1. The molecule has 0 saturated carbocycles. The molecular weight excluding hydrogens is 147 g/mol. The zero-order chi connectivity index (χ0) is 8.27. The van der Waals surface area contributed by atoms with Gasteiger partial charge in [0.15, 0.2) is 0 Å². The van der Waals surface area contributed by atoms with Crippen LogP contribution in [0.3, 0.4) is 0 Å². The monoisotopic (exact) mass is 154 g/mol. The van der Waals surface area contributed by atoms with E-state index in [-0.39, 0.29) is 5.91 Å². The van der Waals surface area contributed by atoms with E-state index in [1.54, 1.807) is 0 Å². The average Bonchev–Trinajstić information content (AvgIpc) is 1.85. The van der Waals surface area contributed by atoms with Gasteiger partial charge in [-0.3, -0.25) is 4.79 Å². The smallest absolute Gasteiger partial charge is 0.221 e. The van der Waals surface area contributed by atoms with Crippen LogP contribution in [0.25, 0.3) is 0 Å². The lowest BCUT2D eigenvalue weighted by atomic mass is 10.4. The molecule has 1 aromatic rings. The Labute approximate surface area is 63.3 Å². The maximum atomic E-state index is 12.4. The number of amides is 1. The van der Waals surface area contributed by atoms with Crippen LogP contribution in [-0.4, -0.2) is 10.9 Å². The van der Waals surface area contributed by atoms with Crippen molar-refractivity contribution < 1.29 is 9.18 Å². The molecule has 1 N–H and O–H groups in total. The molecule has 0 bridgehead atoms. The van der Waals surface area contributed by atoms with E-state index in [2.05, 4.69) is 10.3 Å². The second kappa shape index (κ2) is 3.09. The molecule has 11 heavy (non-hydrogen) atoms. The van der Waals surface area contributed by atoms with Crippen LogP contribution >= 0.6 is 0 Å². The molecule has 58 valence electrons. The molecule has 4 heteroatoms. The van der Waals surface area contributed by atoms with Crippen molar-refractivity contribution in [2.75, 3.05) is 5.32 Å². The molecule has 0 saturated heterocycles. The summed E-state index contributed by atoms with van der Waals surface area (Å²) in [5.41, 5.74) is 0.421. The van der Waals surface area contributed by atoms with Gasteiger partial charge in [-0.2, -0.15) is 4.39 Å². The number of aromatic nitrogens is 1. The summed E-state index contributed by atoms with van der Waals surface area (Å²) in [7, 11) is 0. The minimum Gasteiger partial charge on any atom is -0.326 e. The Morgan fingerprint density at radius 1 is 1.73 bits per heavy atom. The molecule has 1 rings (SSSR count). The minimum absolute atomic E-state index is 0.226. The summed E-state index contributed by atoms with van der Waals surface area (Å²) in [5.74, 6) is -0.827. The van der Waals surface area contributed by atoms with Crippen LogP contribution in [0.4, 0.5) is 10.1 Å². The summed E-state index contributed by atoms with van der Waals surface area (Å²) in [6, 6.07) is 2.67. The first-order valence-corrected chi connectivity index (χ1v) is 3.07. The highest BCUT2D eigenvalue weighted by Gasteiger charge is 1.96. The minimum atomic E-state index is -0.601. The molecule has 0 unspecified atom stereocenters. The van der Waals surface area contributed by atoms with Crippen molar-refractivity contribution in [1.82, 2.24) is 4.98 Å². The predicted octanol–water partition coefficient (Wildman–Crippen LogP) is 1.18. The lowest BCUT2D eigenvalue weighted by Crippen LogP contribution is -2.05. The number of anilines is 1. The average molecular weight is 154 g/mol. The first kappa shape index (κ1) is 7.65. The molecule has 1 amide bonds. The predicted molar refractivity (Wildman–Crippen MR) is 38.5 cm³/mol. The van der Waals surface area contributed by atoms with Crippen LogP contribution in [0.2, 0.25) is 0 Å². The van der Waals surface area contributed by atoms with E-state index in [0.717, 1.165) is 6.07 Å². The van der Waals surface area contributed by atoms with Gasteiger partial charge in [0, 0.05) is 24.9 Å². The molecule has 1 heterocycles. The number of carbonyl (C=O) groups is 1. The third-order valence-corrected chi connectivity index (χ3v) is 1.05. The standard InChI is InChI=1S/C7H7FN2O/c1-5(11)10-6-2-3-9-7(8)4-6/h2-4H,1H3,(H,9,10,11). The summed E-state index contributed by atoms with van der Waals surface area (Å²) in [6.07, 6.45) is 1.29. The molecular formula is C7H7FN2O. The molecule has 0 spiro atoms. The van der Waals surface area contributed by atoms with E-state index in [4.69, 9.17) is 0 Å². The van der Waals surface area contributed by atoms with Crippen LogP contribution in [-0.2, 0) is 4.79 Å². The molecule has 0 atom stereocenters. The highest BCUT2D eigenvalue weighted by atomic mass is 19.1. The first-order valence-electron chi connectivity index (χ1n) is 3.07. The van der Waals surface area contributed by atoms with Crippen molar-refractivity contribution in [2.24, 2.45) is 0 Å². The van der Waals surface area contributed by atoms with Crippen LogP contribution < -0.4 is 5.32 Å². The summed E-state index contributed by atoms with van der Waals surface area (Å²) in [6.45, 7) is 1.36.